The number of carbonyl (C=O) groups is 2. The van der Waals surface area contributed by atoms with Gasteiger partial charge in [-0.2, -0.15) is 0 Å². The molecule has 6 heteroatoms. The van der Waals surface area contributed by atoms with Crippen LogP contribution in [0.1, 0.15) is 18.4 Å². The summed E-state index contributed by atoms with van der Waals surface area (Å²) in [5, 5.41) is 5.72. The third kappa shape index (κ3) is 4.67. The molecule has 0 saturated heterocycles. The zero-order valence-corrected chi connectivity index (χ0v) is 14.0. The van der Waals surface area contributed by atoms with Crippen molar-refractivity contribution in [2.45, 2.75) is 12.8 Å². The summed E-state index contributed by atoms with van der Waals surface area (Å²) in [4.78, 5) is 23.6. The zero-order chi connectivity index (χ0) is 17.8. The Morgan fingerprint density at radius 2 is 1.68 bits per heavy atom. The average molecular weight is 359 g/mol. The van der Waals surface area contributed by atoms with Crippen LogP contribution in [0.25, 0.3) is 6.08 Å². The number of halogens is 2. The van der Waals surface area contributed by atoms with Crippen molar-refractivity contribution in [1.29, 1.82) is 0 Å². The lowest BCUT2D eigenvalue weighted by Gasteiger charge is -2.06. The predicted molar refractivity (Wildman–Crippen MR) is 96.9 cm³/mol. The number of benzene rings is 2. The monoisotopic (exact) mass is 358 g/mol. The minimum Gasteiger partial charge on any atom is -0.326 e. The number of anilines is 2. The van der Waals surface area contributed by atoms with Gasteiger partial charge in [0.25, 0.3) is 0 Å². The molecule has 128 valence electrons. The molecule has 0 atom stereocenters. The lowest BCUT2D eigenvalue weighted by Crippen LogP contribution is -2.13. The second kappa shape index (κ2) is 7.49. The summed E-state index contributed by atoms with van der Waals surface area (Å²) < 4.78 is 13.6. The van der Waals surface area contributed by atoms with E-state index in [1.165, 1.54) is 24.3 Å². The number of rotatable bonds is 5. The van der Waals surface area contributed by atoms with E-state index >= 15 is 0 Å². The van der Waals surface area contributed by atoms with Crippen molar-refractivity contribution in [3.63, 3.8) is 0 Å². The quantitative estimate of drug-likeness (QED) is 0.774. The first-order valence-electron chi connectivity index (χ1n) is 7.87. The minimum absolute atomic E-state index is 0.0292. The number of hydrogen-bond acceptors (Lipinski definition) is 2. The van der Waals surface area contributed by atoms with Gasteiger partial charge in [-0.05, 0) is 55.3 Å². The summed E-state index contributed by atoms with van der Waals surface area (Å²) in [6.45, 7) is 0. The highest BCUT2D eigenvalue weighted by atomic mass is 35.5. The normalized spacial score (nSPS) is 13.7. The van der Waals surface area contributed by atoms with Gasteiger partial charge in [-0.3, -0.25) is 9.59 Å². The molecule has 1 fully saturated rings. The zero-order valence-electron chi connectivity index (χ0n) is 13.3. The Bertz CT molecular complexity index is 810. The molecule has 3 rings (SSSR count). The summed E-state index contributed by atoms with van der Waals surface area (Å²) >= 11 is 5.90. The molecule has 2 N–H and O–H groups in total. The van der Waals surface area contributed by atoms with Gasteiger partial charge in [0, 0.05) is 28.9 Å². The van der Waals surface area contributed by atoms with E-state index in [1.807, 2.05) is 0 Å². The smallest absolute Gasteiger partial charge is 0.248 e. The van der Waals surface area contributed by atoms with Crippen LogP contribution in [0.5, 0.6) is 0 Å². The van der Waals surface area contributed by atoms with Crippen LogP contribution in [0.4, 0.5) is 15.8 Å². The van der Waals surface area contributed by atoms with Gasteiger partial charge in [-0.1, -0.05) is 17.7 Å². The van der Waals surface area contributed by atoms with Crippen molar-refractivity contribution in [3.8, 4) is 0 Å². The van der Waals surface area contributed by atoms with Crippen molar-refractivity contribution in [1.82, 2.24) is 0 Å². The second-order valence-corrected chi connectivity index (χ2v) is 6.21. The van der Waals surface area contributed by atoms with Crippen LogP contribution in [0.2, 0.25) is 5.02 Å². The van der Waals surface area contributed by atoms with E-state index in [4.69, 9.17) is 11.6 Å². The highest BCUT2D eigenvalue weighted by Gasteiger charge is 2.29. The maximum atomic E-state index is 13.6. The van der Waals surface area contributed by atoms with Gasteiger partial charge < -0.3 is 10.6 Å². The Morgan fingerprint density at radius 1 is 1.04 bits per heavy atom. The molecule has 2 aromatic carbocycles. The fourth-order valence-corrected chi connectivity index (χ4v) is 2.47. The molecule has 4 nitrogen and oxygen atoms in total. The second-order valence-electron chi connectivity index (χ2n) is 5.80. The van der Waals surface area contributed by atoms with Crippen molar-refractivity contribution < 1.29 is 14.0 Å². The van der Waals surface area contributed by atoms with Gasteiger partial charge in [0.1, 0.15) is 5.82 Å². The number of amides is 2. The Balaban J connectivity index is 1.59. The van der Waals surface area contributed by atoms with E-state index in [2.05, 4.69) is 10.6 Å². The summed E-state index contributed by atoms with van der Waals surface area (Å²) in [5.74, 6) is -0.738. The molecule has 1 aliphatic rings. The molecule has 2 aromatic rings. The van der Waals surface area contributed by atoms with Crippen LogP contribution in [-0.4, -0.2) is 11.8 Å². The third-order valence-electron chi connectivity index (χ3n) is 3.77. The van der Waals surface area contributed by atoms with Crippen molar-refractivity contribution in [3.05, 3.63) is 64.9 Å². The summed E-state index contributed by atoms with van der Waals surface area (Å²) in [6.07, 6.45) is 4.43. The fourth-order valence-electron chi connectivity index (χ4n) is 2.24. The molecule has 0 aliphatic heterocycles. The van der Waals surface area contributed by atoms with E-state index < -0.39 is 11.7 Å². The molecular weight excluding hydrogens is 343 g/mol. The number of carbonyl (C=O) groups excluding carboxylic acids is 2. The van der Waals surface area contributed by atoms with Gasteiger partial charge in [0.05, 0.1) is 5.02 Å². The lowest BCUT2D eigenvalue weighted by molar-refractivity contribution is -0.117. The topological polar surface area (TPSA) is 58.2 Å². The maximum absolute atomic E-state index is 13.6. The highest BCUT2D eigenvalue weighted by Crippen LogP contribution is 2.30. The first-order chi connectivity index (χ1) is 12.0. The largest absolute Gasteiger partial charge is 0.326 e. The molecule has 0 radical (unpaired) electrons. The van der Waals surface area contributed by atoms with Crippen molar-refractivity contribution in [2.75, 3.05) is 10.6 Å². The molecule has 1 saturated carbocycles. The molecule has 0 unspecified atom stereocenters. The molecule has 0 aromatic heterocycles. The highest BCUT2D eigenvalue weighted by molar-refractivity contribution is 6.32. The van der Waals surface area contributed by atoms with Crippen LogP contribution < -0.4 is 10.6 Å². The Kier molecular flexibility index (Phi) is 5.14. The van der Waals surface area contributed by atoms with E-state index in [9.17, 15) is 14.0 Å². The van der Waals surface area contributed by atoms with Crippen molar-refractivity contribution in [2.24, 2.45) is 5.92 Å². The predicted octanol–water partition coefficient (Wildman–Crippen LogP) is 4.48. The minimum atomic E-state index is -0.493. The van der Waals surface area contributed by atoms with Crippen LogP contribution in [0, 0.1) is 11.7 Å². The van der Waals surface area contributed by atoms with Gasteiger partial charge in [-0.15, -0.1) is 0 Å². The van der Waals surface area contributed by atoms with E-state index in [0.29, 0.717) is 11.4 Å². The summed E-state index contributed by atoms with van der Waals surface area (Å²) in [6, 6.07) is 11.1. The standard InChI is InChI=1S/C19H16ClFN2O2/c20-16-2-1-3-17(21)15(16)10-11-18(24)22-13-6-8-14(9-7-13)23-19(25)12-4-5-12/h1-3,6-12H,4-5H2,(H,22,24)(H,23,25)/b11-10+. The van der Waals surface area contributed by atoms with E-state index in [-0.39, 0.29) is 22.4 Å². The van der Waals surface area contributed by atoms with Crippen LogP contribution in [-0.2, 0) is 9.59 Å². The van der Waals surface area contributed by atoms with Crippen LogP contribution in [0.3, 0.4) is 0 Å². The maximum Gasteiger partial charge on any atom is 0.248 e. The molecule has 0 spiro atoms. The average Bonchev–Trinajstić information content (AvgIpc) is 3.41. The van der Waals surface area contributed by atoms with Crippen LogP contribution in [0.15, 0.2) is 48.5 Å². The molecule has 25 heavy (non-hydrogen) atoms. The third-order valence-corrected chi connectivity index (χ3v) is 4.10. The van der Waals surface area contributed by atoms with E-state index in [1.54, 1.807) is 30.3 Å². The molecule has 1 aliphatic carbocycles. The first kappa shape index (κ1) is 17.2. The molecule has 0 heterocycles. The molecular formula is C19H16ClFN2O2. The Hall–Kier alpha value is -2.66. The van der Waals surface area contributed by atoms with Gasteiger partial charge in [-0.25, -0.2) is 4.39 Å². The molecule has 2 amide bonds. The SMILES string of the molecule is O=C(/C=C/c1c(F)cccc1Cl)Nc1ccc(NC(=O)C2CC2)cc1. The van der Waals surface area contributed by atoms with Crippen LogP contribution >= 0.6 is 11.6 Å². The van der Waals surface area contributed by atoms with Gasteiger partial charge in [0.15, 0.2) is 0 Å². The first-order valence-corrected chi connectivity index (χ1v) is 8.25. The fraction of sp³-hybridized carbons (Fsp3) is 0.158. The summed E-state index contributed by atoms with van der Waals surface area (Å²) in [7, 11) is 0. The van der Waals surface area contributed by atoms with Gasteiger partial charge in [0.2, 0.25) is 11.8 Å². The number of hydrogen-bond donors (Lipinski definition) is 2. The van der Waals surface area contributed by atoms with E-state index in [0.717, 1.165) is 12.8 Å². The lowest BCUT2D eigenvalue weighted by atomic mass is 10.2. The van der Waals surface area contributed by atoms with Gasteiger partial charge >= 0.3 is 0 Å². The Morgan fingerprint density at radius 3 is 2.28 bits per heavy atom. The molecule has 0 bridgehead atoms. The van der Waals surface area contributed by atoms with Crippen molar-refractivity contribution >= 4 is 40.9 Å². The summed E-state index contributed by atoms with van der Waals surface area (Å²) in [5.41, 5.74) is 1.42. The Labute approximate surface area is 149 Å². The number of nitrogens with one attached hydrogen (secondary N) is 2.